The summed E-state index contributed by atoms with van der Waals surface area (Å²) < 4.78 is 0. The summed E-state index contributed by atoms with van der Waals surface area (Å²) in [5, 5.41) is -0.380. The van der Waals surface area contributed by atoms with Gasteiger partial charge in [0, 0.05) is 29.8 Å². The molecule has 0 bridgehead atoms. The van der Waals surface area contributed by atoms with E-state index < -0.39 is 0 Å². The van der Waals surface area contributed by atoms with E-state index in [1.165, 1.54) is 31.6 Å². The molecule has 0 N–H and O–H groups in total. The number of halogens is 1. The predicted molar refractivity (Wildman–Crippen MR) is 82.7 cm³/mol. The molecule has 0 aliphatic carbocycles. The van der Waals surface area contributed by atoms with Crippen LogP contribution in [0.5, 0.6) is 0 Å². The van der Waals surface area contributed by atoms with Crippen molar-refractivity contribution in [3.8, 4) is 0 Å². The zero-order valence-electron chi connectivity index (χ0n) is 12.2. The second kappa shape index (κ2) is 5.05. The molecule has 0 unspecified atom stereocenters. The average molecular weight is 293 g/mol. The lowest BCUT2D eigenvalue weighted by molar-refractivity contribution is 0.0905. The number of hydrogen-bond donors (Lipinski definition) is 0. The van der Waals surface area contributed by atoms with Gasteiger partial charge in [0.25, 0.3) is 5.24 Å². The molecule has 1 aromatic rings. The molecule has 1 spiro atoms. The lowest BCUT2D eigenvalue weighted by Crippen LogP contribution is -2.60. The molecule has 2 aliphatic heterocycles. The first-order chi connectivity index (χ1) is 9.49. The molecule has 4 heteroatoms. The number of aryl methyl sites for hydroxylation is 1. The molecular formula is C16H21ClN2O. The van der Waals surface area contributed by atoms with Crippen molar-refractivity contribution in [1.82, 2.24) is 4.90 Å². The summed E-state index contributed by atoms with van der Waals surface area (Å²) in [6, 6.07) is 5.76. The average Bonchev–Trinajstić information content (AvgIpc) is 2.38. The summed E-state index contributed by atoms with van der Waals surface area (Å²) in [4.78, 5) is 16.0. The third-order valence-corrected chi connectivity index (χ3v) is 5.08. The van der Waals surface area contributed by atoms with E-state index in [4.69, 9.17) is 11.6 Å². The number of piperidine rings is 1. The molecule has 3 rings (SSSR count). The van der Waals surface area contributed by atoms with E-state index >= 15 is 0 Å². The normalized spacial score (nSPS) is 21.9. The molecule has 2 saturated heterocycles. The van der Waals surface area contributed by atoms with Crippen molar-refractivity contribution in [2.75, 3.05) is 38.1 Å². The Kier molecular flexibility index (Phi) is 3.51. The van der Waals surface area contributed by atoms with E-state index in [9.17, 15) is 4.79 Å². The van der Waals surface area contributed by atoms with Gasteiger partial charge in [0.2, 0.25) is 0 Å². The maximum absolute atomic E-state index is 11.2. The molecule has 0 radical (unpaired) electrons. The Morgan fingerprint density at radius 3 is 2.45 bits per heavy atom. The summed E-state index contributed by atoms with van der Waals surface area (Å²) >= 11 is 5.53. The van der Waals surface area contributed by atoms with Crippen LogP contribution < -0.4 is 4.90 Å². The van der Waals surface area contributed by atoms with Gasteiger partial charge >= 0.3 is 0 Å². The van der Waals surface area contributed by atoms with Crippen LogP contribution in [0.25, 0.3) is 0 Å². The summed E-state index contributed by atoms with van der Waals surface area (Å²) in [6.45, 7) is 6.78. The number of carbonyl (C=O) groups is 1. The van der Waals surface area contributed by atoms with Gasteiger partial charge in [-0.1, -0.05) is 0 Å². The molecule has 0 amide bonds. The van der Waals surface area contributed by atoms with Crippen LogP contribution in [-0.2, 0) is 0 Å². The van der Waals surface area contributed by atoms with Gasteiger partial charge in [-0.25, -0.2) is 0 Å². The first-order valence-corrected chi connectivity index (χ1v) is 7.61. The zero-order valence-corrected chi connectivity index (χ0v) is 12.9. The lowest BCUT2D eigenvalue weighted by atomic mass is 9.71. The van der Waals surface area contributed by atoms with E-state index in [0.29, 0.717) is 11.0 Å². The Labute approximate surface area is 125 Å². The highest BCUT2D eigenvalue weighted by atomic mass is 35.5. The third kappa shape index (κ3) is 2.45. The Balaban J connectivity index is 1.69. The second-order valence-corrected chi connectivity index (χ2v) is 6.78. The molecule has 0 aromatic heterocycles. The molecular weight excluding hydrogens is 272 g/mol. The van der Waals surface area contributed by atoms with Gasteiger partial charge in [0.05, 0.1) is 0 Å². The van der Waals surface area contributed by atoms with Crippen molar-refractivity contribution in [2.45, 2.75) is 19.8 Å². The van der Waals surface area contributed by atoms with Crippen LogP contribution in [0.1, 0.15) is 28.8 Å². The summed E-state index contributed by atoms with van der Waals surface area (Å²) in [6.07, 6.45) is 2.61. The van der Waals surface area contributed by atoms with Crippen molar-refractivity contribution in [1.29, 1.82) is 0 Å². The predicted octanol–water partition coefficient (Wildman–Crippen LogP) is 2.91. The molecule has 2 fully saturated rings. The van der Waals surface area contributed by atoms with E-state index in [1.54, 1.807) is 0 Å². The fourth-order valence-corrected chi connectivity index (χ4v) is 3.59. The quantitative estimate of drug-likeness (QED) is 0.783. The van der Waals surface area contributed by atoms with Gasteiger partial charge in [0.1, 0.15) is 0 Å². The van der Waals surface area contributed by atoms with Gasteiger partial charge in [-0.05, 0) is 75.3 Å². The molecule has 1 aromatic carbocycles. The van der Waals surface area contributed by atoms with Gasteiger partial charge in [-0.3, -0.25) is 4.79 Å². The Bertz CT molecular complexity index is 527. The van der Waals surface area contributed by atoms with Gasteiger partial charge < -0.3 is 9.80 Å². The molecule has 2 aliphatic rings. The van der Waals surface area contributed by atoms with Crippen molar-refractivity contribution in [3.63, 3.8) is 0 Å². The first kappa shape index (κ1) is 13.9. The van der Waals surface area contributed by atoms with Crippen molar-refractivity contribution < 1.29 is 4.79 Å². The van der Waals surface area contributed by atoms with Gasteiger partial charge in [-0.15, -0.1) is 0 Å². The Morgan fingerprint density at radius 2 is 1.90 bits per heavy atom. The van der Waals surface area contributed by atoms with Crippen molar-refractivity contribution >= 4 is 22.5 Å². The lowest BCUT2D eigenvalue weighted by Gasteiger charge is -2.55. The van der Waals surface area contributed by atoms with Crippen LogP contribution in [0.3, 0.4) is 0 Å². The summed E-state index contributed by atoms with van der Waals surface area (Å²) in [5.74, 6) is 0. The van der Waals surface area contributed by atoms with Crippen molar-refractivity contribution in [3.05, 3.63) is 29.3 Å². The highest BCUT2D eigenvalue weighted by molar-refractivity contribution is 6.67. The van der Waals surface area contributed by atoms with E-state index in [0.717, 1.165) is 18.7 Å². The van der Waals surface area contributed by atoms with E-state index in [-0.39, 0.29) is 5.24 Å². The monoisotopic (exact) mass is 292 g/mol. The van der Waals surface area contributed by atoms with Gasteiger partial charge in [0.15, 0.2) is 0 Å². The number of likely N-dealkylation sites (tertiary alicyclic amines) is 1. The van der Waals surface area contributed by atoms with Crippen LogP contribution >= 0.6 is 11.6 Å². The third-order valence-electron chi connectivity index (χ3n) is 4.86. The molecule has 108 valence electrons. The number of nitrogens with zero attached hydrogens (tertiary/aromatic N) is 2. The fraction of sp³-hybridized carbons (Fsp3) is 0.562. The molecule has 2 heterocycles. The zero-order chi connectivity index (χ0) is 14.3. The molecule has 0 atom stereocenters. The number of hydrogen-bond acceptors (Lipinski definition) is 3. The second-order valence-electron chi connectivity index (χ2n) is 6.43. The Hall–Kier alpha value is -1.06. The number of rotatable bonds is 2. The fourth-order valence-electron chi connectivity index (χ4n) is 3.48. The number of benzene rings is 1. The molecule has 3 nitrogen and oxygen atoms in total. The van der Waals surface area contributed by atoms with Crippen molar-refractivity contribution in [2.24, 2.45) is 5.41 Å². The highest BCUT2D eigenvalue weighted by Crippen LogP contribution is 2.43. The standard InChI is InChI=1S/C16H21ClN2O/c1-12-9-13(15(17)20)3-4-14(12)19-10-16(11-19)5-7-18(2)8-6-16/h3-4,9H,5-8,10-11H2,1-2H3. The first-order valence-electron chi connectivity index (χ1n) is 7.23. The maximum Gasteiger partial charge on any atom is 0.252 e. The molecule has 0 saturated carbocycles. The SMILES string of the molecule is Cc1cc(C(=O)Cl)ccc1N1CC2(CCN(C)CC2)C1. The van der Waals surface area contributed by atoms with Crippen LogP contribution in [0.15, 0.2) is 18.2 Å². The maximum atomic E-state index is 11.2. The molecule has 20 heavy (non-hydrogen) atoms. The topological polar surface area (TPSA) is 23.6 Å². The highest BCUT2D eigenvalue weighted by Gasteiger charge is 2.44. The van der Waals surface area contributed by atoms with Crippen LogP contribution in [0, 0.1) is 12.3 Å². The summed E-state index contributed by atoms with van der Waals surface area (Å²) in [7, 11) is 2.20. The largest absolute Gasteiger partial charge is 0.370 e. The summed E-state index contributed by atoms with van der Waals surface area (Å²) in [5.41, 5.74) is 3.50. The minimum Gasteiger partial charge on any atom is -0.370 e. The minimum atomic E-state index is -0.380. The van der Waals surface area contributed by atoms with E-state index in [1.807, 2.05) is 18.2 Å². The Morgan fingerprint density at radius 1 is 1.25 bits per heavy atom. The minimum absolute atomic E-state index is 0.380. The van der Waals surface area contributed by atoms with Crippen LogP contribution in [0.4, 0.5) is 5.69 Å². The smallest absolute Gasteiger partial charge is 0.252 e. The van der Waals surface area contributed by atoms with E-state index in [2.05, 4.69) is 23.8 Å². The van der Waals surface area contributed by atoms with Crippen LogP contribution in [-0.4, -0.2) is 43.4 Å². The van der Waals surface area contributed by atoms with Crippen LogP contribution in [0.2, 0.25) is 0 Å². The van der Waals surface area contributed by atoms with Gasteiger partial charge in [-0.2, -0.15) is 0 Å². The number of anilines is 1. The number of carbonyl (C=O) groups excluding carboxylic acids is 1.